The number of halogens is 5. The Kier molecular flexibility index (Phi) is 3.45. The average molecular weight is 301 g/mol. The number of carbonyl (C=O) groups is 1. The molecule has 6 heteroatoms. The summed E-state index contributed by atoms with van der Waals surface area (Å²) >= 11 is 8.38. The van der Waals surface area contributed by atoms with Crippen molar-refractivity contribution in [2.24, 2.45) is 0 Å². The van der Waals surface area contributed by atoms with Crippen LogP contribution in [-0.2, 0) is 6.18 Å². The van der Waals surface area contributed by atoms with Crippen molar-refractivity contribution in [3.8, 4) is 0 Å². The summed E-state index contributed by atoms with van der Waals surface area (Å²) in [7, 11) is 0. The molecular formula is C9H5BrClF3O. The molecule has 0 aliphatic rings. The minimum atomic E-state index is -4.52. The van der Waals surface area contributed by atoms with Crippen molar-refractivity contribution in [3.63, 3.8) is 0 Å². The molecule has 0 spiro atoms. The summed E-state index contributed by atoms with van der Waals surface area (Å²) in [5.74, 6) is -0.350. The summed E-state index contributed by atoms with van der Waals surface area (Å²) in [6.45, 7) is 1.25. The van der Waals surface area contributed by atoms with Gasteiger partial charge in [0.2, 0.25) is 0 Å². The molecule has 0 aromatic heterocycles. The van der Waals surface area contributed by atoms with E-state index in [9.17, 15) is 18.0 Å². The van der Waals surface area contributed by atoms with E-state index in [0.717, 1.165) is 12.1 Å². The molecule has 1 aromatic rings. The van der Waals surface area contributed by atoms with Crippen molar-refractivity contribution in [2.75, 3.05) is 0 Å². The van der Waals surface area contributed by atoms with E-state index >= 15 is 0 Å². The van der Waals surface area contributed by atoms with Crippen molar-refractivity contribution in [1.82, 2.24) is 0 Å². The standard InChI is InChI=1S/C9H5BrClF3O/c1-4(15)5-2-3-6(9(12,13)14)8(11)7(5)10/h2-3H,1H3. The van der Waals surface area contributed by atoms with Crippen molar-refractivity contribution >= 4 is 33.3 Å². The summed E-state index contributed by atoms with van der Waals surface area (Å²) < 4.78 is 37.1. The zero-order valence-electron chi connectivity index (χ0n) is 7.45. The molecule has 0 unspecified atom stereocenters. The molecule has 15 heavy (non-hydrogen) atoms. The summed E-state index contributed by atoms with van der Waals surface area (Å²) in [5.41, 5.74) is -0.825. The number of carbonyl (C=O) groups excluding carboxylic acids is 1. The second-order valence-electron chi connectivity index (χ2n) is 2.84. The van der Waals surface area contributed by atoms with Crippen molar-refractivity contribution < 1.29 is 18.0 Å². The van der Waals surface area contributed by atoms with Crippen LogP contribution in [0.1, 0.15) is 22.8 Å². The van der Waals surface area contributed by atoms with E-state index in [-0.39, 0.29) is 15.8 Å². The van der Waals surface area contributed by atoms with Gasteiger partial charge in [0.1, 0.15) is 0 Å². The third-order valence-corrected chi connectivity index (χ3v) is 3.21. The van der Waals surface area contributed by atoms with Gasteiger partial charge in [-0.1, -0.05) is 11.6 Å². The van der Waals surface area contributed by atoms with E-state index in [2.05, 4.69) is 15.9 Å². The van der Waals surface area contributed by atoms with Gasteiger partial charge in [0.05, 0.1) is 10.6 Å². The van der Waals surface area contributed by atoms with Crippen LogP contribution in [0.3, 0.4) is 0 Å². The van der Waals surface area contributed by atoms with E-state index in [1.165, 1.54) is 6.92 Å². The molecule has 0 aliphatic carbocycles. The molecule has 0 bridgehead atoms. The van der Waals surface area contributed by atoms with E-state index in [4.69, 9.17) is 11.6 Å². The van der Waals surface area contributed by atoms with Crippen LogP contribution in [0.25, 0.3) is 0 Å². The van der Waals surface area contributed by atoms with Crippen LogP contribution < -0.4 is 0 Å². The highest BCUT2D eigenvalue weighted by Crippen LogP contribution is 2.39. The Hall–Kier alpha value is -0.550. The van der Waals surface area contributed by atoms with E-state index in [1.54, 1.807) is 0 Å². The molecule has 1 rings (SSSR count). The van der Waals surface area contributed by atoms with E-state index < -0.39 is 16.8 Å². The zero-order chi connectivity index (χ0) is 11.8. The first-order valence-corrected chi connectivity index (χ1v) is 4.98. The Bertz CT molecular complexity index is 415. The normalized spacial score (nSPS) is 11.6. The zero-order valence-corrected chi connectivity index (χ0v) is 9.79. The Balaban J connectivity index is 3.41. The van der Waals surface area contributed by atoms with E-state index in [1.807, 2.05) is 0 Å². The highest BCUT2D eigenvalue weighted by molar-refractivity contribution is 9.10. The SMILES string of the molecule is CC(=O)c1ccc(C(F)(F)F)c(Cl)c1Br. The van der Waals surface area contributed by atoms with Crippen LogP contribution >= 0.6 is 27.5 Å². The maximum absolute atomic E-state index is 12.4. The van der Waals surface area contributed by atoms with Gasteiger partial charge in [0, 0.05) is 10.0 Å². The van der Waals surface area contributed by atoms with Crippen LogP contribution in [-0.4, -0.2) is 5.78 Å². The summed E-state index contributed by atoms with van der Waals surface area (Å²) in [4.78, 5) is 11.0. The first kappa shape index (κ1) is 12.5. The predicted molar refractivity (Wildman–Crippen MR) is 54.2 cm³/mol. The quantitative estimate of drug-likeness (QED) is 0.706. The molecule has 82 valence electrons. The van der Waals surface area contributed by atoms with Crippen molar-refractivity contribution in [3.05, 3.63) is 32.8 Å². The van der Waals surface area contributed by atoms with Crippen LogP contribution in [0.4, 0.5) is 13.2 Å². The van der Waals surface area contributed by atoms with Gasteiger partial charge in [-0.25, -0.2) is 0 Å². The Morgan fingerprint density at radius 3 is 2.33 bits per heavy atom. The number of Topliss-reactive ketones (excluding diaryl/α,β-unsaturated/α-hetero) is 1. The minimum Gasteiger partial charge on any atom is -0.294 e. The molecule has 0 saturated heterocycles. The lowest BCUT2D eigenvalue weighted by atomic mass is 10.1. The fourth-order valence-corrected chi connectivity index (χ4v) is 1.94. The number of hydrogen-bond donors (Lipinski definition) is 0. The lowest BCUT2D eigenvalue weighted by Crippen LogP contribution is -2.07. The first-order chi connectivity index (χ1) is 6.75. The predicted octanol–water partition coefficient (Wildman–Crippen LogP) is 4.32. The van der Waals surface area contributed by atoms with Crippen molar-refractivity contribution in [2.45, 2.75) is 13.1 Å². The third kappa shape index (κ3) is 2.52. The summed E-state index contributed by atoms with van der Waals surface area (Å²) in [6, 6.07) is 1.89. The average Bonchev–Trinajstić information content (AvgIpc) is 2.06. The van der Waals surface area contributed by atoms with Crippen LogP contribution in [0.2, 0.25) is 5.02 Å². The van der Waals surface area contributed by atoms with Gasteiger partial charge in [0.15, 0.2) is 5.78 Å². The van der Waals surface area contributed by atoms with Crippen LogP contribution in [0.5, 0.6) is 0 Å². The number of alkyl halides is 3. The monoisotopic (exact) mass is 300 g/mol. The number of rotatable bonds is 1. The molecule has 0 radical (unpaired) electrons. The summed E-state index contributed by atoms with van der Waals surface area (Å²) in [5, 5.41) is -0.491. The van der Waals surface area contributed by atoms with Gasteiger partial charge in [-0.15, -0.1) is 0 Å². The highest BCUT2D eigenvalue weighted by atomic mass is 79.9. The van der Waals surface area contributed by atoms with Crippen LogP contribution in [0.15, 0.2) is 16.6 Å². The topological polar surface area (TPSA) is 17.1 Å². The van der Waals surface area contributed by atoms with E-state index in [0.29, 0.717) is 0 Å². The van der Waals surface area contributed by atoms with Gasteiger partial charge in [0.25, 0.3) is 0 Å². The largest absolute Gasteiger partial charge is 0.417 e. The maximum Gasteiger partial charge on any atom is 0.417 e. The second kappa shape index (κ2) is 4.14. The number of ketones is 1. The highest BCUT2D eigenvalue weighted by Gasteiger charge is 2.34. The number of benzene rings is 1. The summed E-state index contributed by atoms with van der Waals surface area (Å²) in [6.07, 6.45) is -4.52. The minimum absolute atomic E-state index is 0.0218. The molecule has 0 N–H and O–H groups in total. The molecule has 0 atom stereocenters. The smallest absolute Gasteiger partial charge is 0.294 e. The Morgan fingerprint density at radius 2 is 1.93 bits per heavy atom. The Labute approximate surface area is 97.4 Å². The van der Waals surface area contributed by atoms with Crippen molar-refractivity contribution in [1.29, 1.82) is 0 Å². The fourth-order valence-electron chi connectivity index (χ4n) is 1.04. The lowest BCUT2D eigenvalue weighted by Gasteiger charge is -2.11. The van der Waals surface area contributed by atoms with Gasteiger partial charge in [-0.05, 0) is 35.0 Å². The lowest BCUT2D eigenvalue weighted by molar-refractivity contribution is -0.137. The fraction of sp³-hybridized carbons (Fsp3) is 0.222. The molecule has 0 saturated carbocycles. The van der Waals surface area contributed by atoms with Gasteiger partial charge in [-0.2, -0.15) is 13.2 Å². The van der Waals surface area contributed by atoms with Gasteiger partial charge >= 0.3 is 6.18 Å². The van der Waals surface area contributed by atoms with Crippen LogP contribution in [0, 0.1) is 0 Å². The molecular weight excluding hydrogens is 296 g/mol. The maximum atomic E-state index is 12.4. The molecule has 1 aromatic carbocycles. The first-order valence-electron chi connectivity index (χ1n) is 3.81. The third-order valence-electron chi connectivity index (χ3n) is 1.77. The molecule has 0 amide bonds. The molecule has 0 fully saturated rings. The molecule has 1 nitrogen and oxygen atoms in total. The number of hydrogen-bond acceptors (Lipinski definition) is 1. The van der Waals surface area contributed by atoms with Gasteiger partial charge < -0.3 is 0 Å². The molecule has 0 aliphatic heterocycles. The second-order valence-corrected chi connectivity index (χ2v) is 4.01. The molecule has 0 heterocycles. The Morgan fingerprint density at radius 1 is 1.40 bits per heavy atom. The van der Waals surface area contributed by atoms with Gasteiger partial charge in [-0.3, -0.25) is 4.79 Å².